The Morgan fingerprint density at radius 1 is 1.38 bits per heavy atom. The van der Waals surface area contributed by atoms with E-state index >= 15 is 0 Å². The zero-order valence-electron chi connectivity index (χ0n) is 9.99. The molecule has 0 bridgehead atoms. The van der Waals surface area contributed by atoms with Crippen LogP contribution in [-0.2, 0) is 0 Å². The molecule has 1 rings (SSSR count). The van der Waals surface area contributed by atoms with Crippen LogP contribution >= 0.6 is 12.2 Å². The topological polar surface area (TPSA) is 38.0 Å². The van der Waals surface area contributed by atoms with Crippen molar-refractivity contribution in [2.24, 2.45) is 5.73 Å². The molecule has 1 atom stereocenters. The Hall–Kier alpha value is -1.09. The second-order valence-electron chi connectivity index (χ2n) is 3.95. The van der Waals surface area contributed by atoms with Gasteiger partial charge in [0.1, 0.15) is 4.99 Å². The molecule has 0 aromatic heterocycles. The monoisotopic (exact) mass is 236 g/mol. The summed E-state index contributed by atoms with van der Waals surface area (Å²) in [6.45, 7) is 4.39. The van der Waals surface area contributed by atoms with Gasteiger partial charge in [-0.25, -0.2) is 0 Å². The molecule has 16 heavy (non-hydrogen) atoms. The lowest BCUT2D eigenvalue weighted by Gasteiger charge is -2.19. The van der Waals surface area contributed by atoms with Crippen molar-refractivity contribution in [3.63, 3.8) is 0 Å². The molecule has 1 aromatic carbocycles. The maximum atomic E-state index is 5.70. The molecule has 2 nitrogen and oxygen atoms in total. The van der Waals surface area contributed by atoms with Gasteiger partial charge >= 0.3 is 0 Å². The van der Waals surface area contributed by atoms with Crippen molar-refractivity contribution in [3.8, 4) is 0 Å². The Balaban J connectivity index is 2.82. The third-order valence-electron chi connectivity index (χ3n) is 2.68. The summed E-state index contributed by atoms with van der Waals surface area (Å²) < 4.78 is 0. The van der Waals surface area contributed by atoms with Gasteiger partial charge in [-0.15, -0.1) is 0 Å². The van der Waals surface area contributed by atoms with Crippen molar-refractivity contribution in [2.45, 2.75) is 39.2 Å². The van der Waals surface area contributed by atoms with E-state index in [4.69, 9.17) is 18.0 Å². The smallest absolute Gasteiger partial charge is 0.106 e. The van der Waals surface area contributed by atoms with Gasteiger partial charge in [0, 0.05) is 17.3 Å². The largest absolute Gasteiger partial charge is 0.389 e. The van der Waals surface area contributed by atoms with Crippen LogP contribution in [0.1, 0.15) is 38.7 Å². The fourth-order valence-electron chi connectivity index (χ4n) is 1.77. The van der Waals surface area contributed by atoms with E-state index in [-0.39, 0.29) is 0 Å². The van der Waals surface area contributed by atoms with Gasteiger partial charge in [0.15, 0.2) is 0 Å². The first-order valence-electron chi connectivity index (χ1n) is 5.84. The zero-order valence-corrected chi connectivity index (χ0v) is 10.8. The molecule has 0 spiro atoms. The van der Waals surface area contributed by atoms with Gasteiger partial charge in [-0.1, -0.05) is 44.6 Å². The number of rotatable bonds is 6. The van der Waals surface area contributed by atoms with Crippen molar-refractivity contribution in [1.82, 2.24) is 0 Å². The lowest BCUT2D eigenvalue weighted by molar-refractivity contribution is 0.623. The molecule has 0 fully saturated rings. The van der Waals surface area contributed by atoms with Crippen LogP contribution in [0.25, 0.3) is 0 Å². The lowest BCUT2D eigenvalue weighted by Crippen LogP contribution is -2.21. The van der Waals surface area contributed by atoms with E-state index in [1.165, 1.54) is 12.8 Å². The highest BCUT2D eigenvalue weighted by Gasteiger charge is 2.08. The highest BCUT2D eigenvalue weighted by Crippen LogP contribution is 2.18. The van der Waals surface area contributed by atoms with Gasteiger partial charge in [-0.2, -0.15) is 0 Å². The molecular formula is C13H20N2S. The number of hydrogen-bond acceptors (Lipinski definition) is 2. The summed E-state index contributed by atoms with van der Waals surface area (Å²) in [5, 5.41) is 3.51. The predicted octanol–water partition coefficient (Wildman–Crippen LogP) is 3.31. The first-order chi connectivity index (χ1) is 7.69. The third kappa shape index (κ3) is 3.49. The second-order valence-corrected chi connectivity index (χ2v) is 4.39. The average Bonchev–Trinajstić information content (AvgIpc) is 2.29. The Bertz CT molecular complexity index is 350. The van der Waals surface area contributed by atoms with Crippen molar-refractivity contribution in [2.75, 3.05) is 5.32 Å². The van der Waals surface area contributed by atoms with Crippen LogP contribution in [0, 0.1) is 0 Å². The van der Waals surface area contributed by atoms with Crippen molar-refractivity contribution < 1.29 is 0 Å². The maximum absolute atomic E-state index is 5.70. The standard InChI is InChI=1S/C13H20N2S/c1-3-7-10(4-2)15-12-9-6-5-8-11(12)13(14)16/h5-6,8-10,15H,3-4,7H2,1-2H3,(H2,14,16). The SMILES string of the molecule is CCCC(CC)Nc1ccccc1C(N)=S. The minimum atomic E-state index is 0.453. The van der Waals surface area contributed by atoms with Crippen molar-refractivity contribution in [3.05, 3.63) is 29.8 Å². The summed E-state index contributed by atoms with van der Waals surface area (Å²) in [5.41, 5.74) is 7.69. The normalized spacial score (nSPS) is 12.1. The van der Waals surface area contributed by atoms with Crippen LogP contribution < -0.4 is 11.1 Å². The minimum Gasteiger partial charge on any atom is -0.389 e. The summed E-state index contributed by atoms with van der Waals surface area (Å²) in [6.07, 6.45) is 3.46. The fourth-order valence-corrected chi connectivity index (χ4v) is 1.95. The predicted molar refractivity (Wildman–Crippen MR) is 74.9 cm³/mol. The number of hydrogen-bond donors (Lipinski definition) is 2. The summed E-state index contributed by atoms with van der Waals surface area (Å²) in [6, 6.07) is 8.46. The Morgan fingerprint density at radius 3 is 2.62 bits per heavy atom. The molecule has 88 valence electrons. The van der Waals surface area contributed by atoms with Gasteiger partial charge in [-0.3, -0.25) is 0 Å². The van der Waals surface area contributed by atoms with Gasteiger partial charge in [0.25, 0.3) is 0 Å². The molecule has 0 aliphatic carbocycles. The number of anilines is 1. The van der Waals surface area contributed by atoms with E-state index in [1.54, 1.807) is 0 Å². The molecule has 3 heteroatoms. The van der Waals surface area contributed by atoms with E-state index in [1.807, 2.05) is 24.3 Å². The molecule has 0 amide bonds. The third-order valence-corrected chi connectivity index (χ3v) is 2.90. The Kier molecular flexibility index (Phi) is 5.26. The zero-order chi connectivity index (χ0) is 12.0. The average molecular weight is 236 g/mol. The minimum absolute atomic E-state index is 0.453. The van der Waals surface area contributed by atoms with Crippen molar-refractivity contribution >= 4 is 22.9 Å². The van der Waals surface area contributed by atoms with Crippen LogP contribution in [-0.4, -0.2) is 11.0 Å². The molecule has 1 aromatic rings. The summed E-state index contributed by atoms with van der Waals surface area (Å²) >= 11 is 5.04. The second kappa shape index (κ2) is 6.48. The van der Waals surface area contributed by atoms with E-state index in [2.05, 4.69) is 19.2 Å². The number of benzene rings is 1. The lowest BCUT2D eigenvalue weighted by atomic mass is 10.1. The van der Waals surface area contributed by atoms with E-state index in [0.29, 0.717) is 11.0 Å². The van der Waals surface area contributed by atoms with E-state index in [9.17, 15) is 0 Å². The molecule has 0 saturated heterocycles. The number of nitrogens with two attached hydrogens (primary N) is 1. The summed E-state index contributed by atoms with van der Waals surface area (Å²) in [5.74, 6) is 0. The number of thiocarbonyl (C=S) groups is 1. The molecule has 0 radical (unpaired) electrons. The fraction of sp³-hybridized carbons (Fsp3) is 0.462. The maximum Gasteiger partial charge on any atom is 0.106 e. The molecular weight excluding hydrogens is 216 g/mol. The van der Waals surface area contributed by atoms with Crippen LogP contribution in [0.5, 0.6) is 0 Å². The first-order valence-corrected chi connectivity index (χ1v) is 6.25. The van der Waals surface area contributed by atoms with Crippen molar-refractivity contribution in [1.29, 1.82) is 0 Å². The molecule has 1 unspecified atom stereocenters. The van der Waals surface area contributed by atoms with Crippen LogP contribution in [0.2, 0.25) is 0 Å². The quantitative estimate of drug-likeness (QED) is 0.744. The molecule has 0 saturated carbocycles. The number of nitrogens with one attached hydrogen (secondary N) is 1. The highest BCUT2D eigenvalue weighted by atomic mass is 32.1. The highest BCUT2D eigenvalue weighted by molar-refractivity contribution is 7.80. The Labute approximate surface area is 103 Å². The molecule has 3 N–H and O–H groups in total. The van der Waals surface area contributed by atoms with E-state index < -0.39 is 0 Å². The van der Waals surface area contributed by atoms with Gasteiger partial charge in [0.05, 0.1) is 0 Å². The van der Waals surface area contributed by atoms with E-state index in [0.717, 1.165) is 17.7 Å². The molecule has 0 aliphatic rings. The van der Waals surface area contributed by atoms with Crippen LogP contribution in [0.15, 0.2) is 24.3 Å². The van der Waals surface area contributed by atoms with Gasteiger partial charge in [0.2, 0.25) is 0 Å². The van der Waals surface area contributed by atoms with Gasteiger partial charge in [-0.05, 0) is 25.0 Å². The number of para-hydroxylation sites is 1. The summed E-state index contributed by atoms with van der Waals surface area (Å²) in [4.78, 5) is 0.453. The van der Waals surface area contributed by atoms with Gasteiger partial charge < -0.3 is 11.1 Å². The molecule has 0 heterocycles. The summed E-state index contributed by atoms with van der Waals surface area (Å²) in [7, 11) is 0. The Morgan fingerprint density at radius 2 is 2.06 bits per heavy atom. The van der Waals surface area contributed by atoms with Crippen LogP contribution in [0.3, 0.4) is 0 Å². The van der Waals surface area contributed by atoms with Crippen LogP contribution in [0.4, 0.5) is 5.69 Å². The molecule has 0 aliphatic heterocycles. The first kappa shape index (κ1) is 13.0.